The van der Waals surface area contributed by atoms with Crippen LogP contribution in [0, 0.1) is 5.92 Å². The molecule has 1 saturated heterocycles. The number of carbonyl (C=O) groups excluding carboxylic acids is 1. The maximum absolute atomic E-state index is 12.1. The molecule has 1 aliphatic heterocycles. The zero-order valence-corrected chi connectivity index (χ0v) is 14.3. The number of hydrogen-bond acceptors (Lipinski definition) is 4. The Labute approximate surface area is 139 Å². The SMILES string of the molecule is CC(C)Oc1ccc(CN2CCCC(C(=O)NCCN)C2)cc1. The Morgan fingerprint density at radius 3 is 2.78 bits per heavy atom. The average Bonchev–Trinajstić information content (AvgIpc) is 2.54. The van der Waals surface area contributed by atoms with Gasteiger partial charge in [0.25, 0.3) is 0 Å². The van der Waals surface area contributed by atoms with E-state index in [0.29, 0.717) is 13.1 Å². The maximum atomic E-state index is 12.1. The third kappa shape index (κ3) is 5.84. The number of benzene rings is 1. The zero-order valence-electron chi connectivity index (χ0n) is 14.3. The molecule has 1 aromatic rings. The summed E-state index contributed by atoms with van der Waals surface area (Å²) < 4.78 is 5.67. The van der Waals surface area contributed by atoms with E-state index in [2.05, 4.69) is 22.3 Å². The molecule has 3 N–H and O–H groups in total. The first-order valence-corrected chi connectivity index (χ1v) is 8.54. The van der Waals surface area contributed by atoms with Crippen molar-refractivity contribution in [3.63, 3.8) is 0 Å². The predicted molar refractivity (Wildman–Crippen MR) is 92.3 cm³/mol. The minimum atomic E-state index is 0.0823. The van der Waals surface area contributed by atoms with Crippen molar-refractivity contribution in [2.45, 2.75) is 39.3 Å². The molecular weight excluding hydrogens is 290 g/mol. The van der Waals surface area contributed by atoms with E-state index in [9.17, 15) is 4.79 Å². The van der Waals surface area contributed by atoms with Crippen molar-refractivity contribution >= 4 is 5.91 Å². The number of nitrogens with zero attached hydrogens (tertiary/aromatic N) is 1. The van der Waals surface area contributed by atoms with Crippen LogP contribution in [0.2, 0.25) is 0 Å². The Bertz CT molecular complexity index is 488. The van der Waals surface area contributed by atoms with E-state index in [1.165, 1.54) is 5.56 Å². The molecule has 23 heavy (non-hydrogen) atoms. The van der Waals surface area contributed by atoms with Gasteiger partial charge in [-0.15, -0.1) is 0 Å². The minimum absolute atomic E-state index is 0.0823. The molecule has 1 atom stereocenters. The molecule has 2 rings (SSSR count). The van der Waals surface area contributed by atoms with Crippen molar-refractivity contribution in [2.75, 3.05) is 26.2 Å². The first kappa shape index (κ1) is 17.8. The Balaban J connectivity index is 1.86. The van der Waals surface area contributed by atoms with E-state index < -0.39 is 0 Å². The molecule has 5 nitrogen and oxygen atoms in total. The summed E-state index contributed by atoms with van der Waals surface area (Å²) in [4.78, 5) is 14.4. The molecule has 5 heteroatoms. The van der Waals surface area contributed by atoms with Gasteiger partial charge in [0, 0.05) is 26.2 Å². The number of hydrogen-bond donors (Lipinski definition) is 2. The van der Waals surface area contributed by atoms with Crippen molar-refractivity contribution in [1.82, 2.24) is 10.2 Å². The van der Waals surface area contributed by atoms with Gasteiger partial charge in [-0.05, 0) is 50.9 Å². The van der Waals surface area contributed by atoms with Gasteiger partial charge >= 0.3 is 0 Å². The fraction of sp³-hybridized carbons (Fsp3) is 0.611. The van der Waals surface area contributed by atoms with Gasteiger partial charge in [-0.1, -0.05) is 12.1 Å². The van der Waals surface area contributed by atoms with E-state index in [-0.39, 0.29) is 17.9 Å². The van der Waals surface area contributed by atoms with Crippen LogP contribution in [0.4, 0.5) is 0 Å². The Hall–Kier alpha value is -1.59. The van der Waals surface area contributed by atoms with E-state index in [4.69, 9.17) is 10.5 Å². The van der Waals surface area contributed by atoms with E-state index in [1.807, 2.05) is 26.0 Å². The number of carbonyl (C=O) groups is 1. The topological polar surface area (TPSA) is 67.6 Å². The highest BCUT2D eigenvalue weighted by Crippen LogP contribution is 2.20. The largest absolute Gasteiger partial charge is 0.491 e. The van der Waals surface area contributed by atoms with Crippen LogP contribution in [0.25, 0.3) is 0 Å². The summed E-state index contributed by atoms with van der Waals surface area (Å²) in [6, 6.07) is 8.25. The molecule has 1 aromatic carbocycles. The van der Waals surface area contributed by atoms with Crippen LogP contribution >= 0.6 is 0 Å². The quantitative estimate of drug-likeness (QED) is 0.803. The average molecular weight is 319 g/mol. The van der Waals surface area contributed by atoms with Crippen molar-refractivity contribution in [3.05, 3.63) is 29.8 Å². The highest BCUT2D eigenvalue weighted by atomic mass is 16.5. The lowest BCUT2D eigenvalue weighted by Crippen LogP contribution is -2.43. The molecule has 0 aliphatic carbocycles. The summed E-state index contributed by atoms with van der Waals surface area (Å²) in [7, 11) is 0. The molecular formula is C18H29N3O2. The fourth-order valence-electron chi connectivity index (χ4n) is 2.96. The highest BCUT2D eigenvalue weighted by Gasteiger charge is 2.25. The number of ether oxygens (including phenoxy) is 1. The van der Waals surface area contributed by atoms with Crippen molar-refractivity contribution in [2.24, 2.45) is 11.7 Å². The number of amides is 1. The van der Waals surface area contributed by atoms with Gasteiger partial charge < -0.3 is 15.8 Å². The van der Waals surface area contributed by atoms with Crippen molar-refractivity contribution in [3.8, 4) is 5.75 Å². The van der Waals surface area contributed by atoms with Crippen LogP contribution in [-0.4, -0.2) is 43.1 Å². The van der Waals surface area contributed by atoms with Crippen molar-refractivity contribution in [1.29, 1.82) is 0 Å². The summed E-state index contributed by atoms with van der Waals surface area (Å²) in [6.07, 6.45) is 2.22. The predicted octanol–water partition coefficient (Wildman–Crippen LogP) is 1.76. The third-order valence-electron chi connectivity index (χ3n) is 4.02. The second-order valence-electron chi connectivity index (χ2n) is 6.46. The maximum Gasteiger partial charge on any atom is 0.224 e. The minimum Gasteiger partial charge on any atom is -0.491 e. The summed E-state index contributed by atoms with van der Waals surface area (Å²) in [5, 5.41) is 2.90. The van der Waals surface area contributed by atoms with Gasteiger partial charge in [0.2, 0.25) is 5.91 Å². The van der Waals surface area contributed by atoms with Crippen LogP contribution in [0.1, 0.15) is 32.3 Å². The summed E-state index contributed by atoms with van der Waals surface area (Å²) in [5.74, 6) is 1.13. The molecule has 1 unspecified atom stereocenters. The van der Waals surface area contributed by atoms with Crippen LogP contribution in [-0.2, 0) is 11.3 Å². The molecule has 128 valence electrons. The fourth-order valence-corrected chi connectivity index (χ4v) is 2.96. The first-order valence-electron chi connectivity index (χ1n) is 8.54. The Morgan fingerprint density at radius 2 is 2.13 bits per heavy atom. The van der Waals surface area contributed by atoms with Crippen molar-refractivity contribution < 1.29 is 9.53 Å². The molecule has 0 aromatic heterocycles. The Morgan fingerprint density at radius 1 is 1.39 bits per heavy atom. The smallest absolute Gasteiger partial charge is 0.224 e. The highest BCUT2D eigenvalue weighted by molar-refractivity contribution is 5.78. The van der Waals surface area contributed by atoms with Crippen LogP contribution < -0.4 is 15.8 Å². The van der Waals surface area contributed by atoms with Gasteiger partial charge in [-0.3, -0.25) is 9.69 Å². The lowest BCUT2D eigenvalue weighted by Gasteiger charge is -2.32. The summed E-state index contributed by atoms with van der Waals surface area (Å²) >= 11 is 0. The summed E-state index contributed by atoms with van der Waals surface area (Å²) in [5.41, 5.74) is 6.70. The number of piperidine rings is 1. The molecule has 0 radical (unpaired) electrons. The van der Waals surface area contributed by atoms with Gasteiger partial charge in [-0.25, -0.2) is 0 Å². The number of nitrogens with one attached hydrogen (secondary N) is 1. The molecule has 0 bridgehead atoms. The number of nitrogens with two attached hydrogens (primary N) is 1. The van der Waals surface area contributed by atoms with E-state index >= 15 is 0 Å². The van der Waals surface area contributed by atoms with Crippen LogP contribution in [0.5, 0.6) is 5.75 Å². The zero-order chi connectivity index (χ0) is 16.7. The van der Waals surface area contributed by atoms with Crippen LogP contribution in [0.3, 0.4) is 0 Å². The lowest BCUT2D eigenvalue weighted by atomic mass is 9.96. The lowest BCUT2D eigenvalue weighted by molar-refractivity contribution is -0.126. The molecule has 0 saturated carbocycles. The first-order chi connectivity index (χ1) is 11.1. The molecule has 1 heterocycles. The Kier molecular flexibility index (Phi) is 6.86. The number of likely N-dealkylation sites (tertiary alicyclic amines) is 1. The van der Waals surface area contributed by atoms with Gasteiger partial charge in [0.05, 0.1) is 12.0 Å². The molecule has 1 aliphatic rings. The van der Waals surface area contributed by atoms with Gasteiger partial charge in [0.15, 0.2) is 0 Å². The van der Waals surface area contributed by atoms with Crippen LogP contribution in [0.15, 0.2) is 24.3 Å². The standard InChI is InChI=1S/C18H29N3O2/c1-14(2)23-17-7-5-15(6-8-17)12-21-11-3-4-16(13-21)18(22)20-10-9-19/h5-8,14,16H,3-4,9-13,19H2,1-2H3,(H,20,22). The van der Waals surface area contributed by atoms with E-state index in [0.717, 1.165) is 38.2 Å². The summed E-state index contributed by atoms with van der Waals surface area (Å²) in [6.45, 7) is 7.85. The van der Waals surface area contributed by atoms with Gasteiger partial charge in [-0.2, -0.15) is 0 Å². The second kappa shape index (κ2) is 8.89. The number of rotatable bonds is 7. The molecule has 1 amide bonds. The second-order valence-corrected chi connectivity index (χ2v) is 6.46. The normalized spacial score (nSPS) is 18.9. The third-order valence-corrected chi connectivity index (χ3v) is 4.02. The monoisotopic (exact) mass is 319 g/mol. The molecule has 0 spiro atoms. The van der Waals surface area contributed by atoms with Gasteiger partial charge in [0.1, 0.15) is 5.75 Å². The van der Waals surface area contributed by atoms with E-state index in [1.54, 1.807) is 0 Å². The molecule has 1 fully saturated rings.